The molecule has 0 aliphatic heterocycles. The molecular formula is C82H140O5. The summed E-state index contributed by atoms with van der Waals surface area (Å²) in [5.41, 5.74) is 0. The number of allylic oxidation sites excluding steroid dienone is 22. The number of esters is 2. The van der Waals surface area contributed by atoms with Gasteiger partial charge in [0.25, 0.3) is 0 Å². The van der Waals surface area contributed by atoms with Crippen molar-refractivity contribution in [1.29, 1.82) is 0 Å². The highest BCUT2D eigenvalue weighted by Gasteiger charge is 2.16. The zero-order chi connectivity index (χ0) is 62.6. The molecule has 5 nitrogen and oxygen atoms in total. The number of carbonyl (C=O) groups is 2. The van der Waals surface area contributed by atoms with Gasteiger partial charge in [-0.3, -0.25) is 9.59 Å². The first kappa shape index (κ1) is 83.0. The highest BCUT2D eigenvalue weighted by Crippen LogP contribution is 2.18. The smallest absolute Gasteiger partial charge is 0.306 e. The van der Waals surface area contributed by atoms with Crippen LogP contribution in [0.25, 0.3) is 0 Å². The van der Waals surface area contributed by atoms with Gasteiger partial charge >= 0.3 is 11.9 Å². The van der Waals surface area contributed by atoms with Crippen LogP contribution in [-0.4, -0.2) is 36.4 Å². The fourth-order valence-electron chi connectivity index (χ4n) is 10.7. The van der Waals surface area contributed by atoms with Gasteiger partial charge in [-0.1, -0.05) is 379 Å². The number of ether oxygens (including phenoxy) is 2. The first-order chi connectivity index (χ1) is 43.1. The third-order valence-electron chi connectivity index (χ3n) is 16.2. The number of unbranched alkanes of at least 4 members (excludes halogenated alkanes) is 38. The fraction of sp³-hybridized carbons (Fsp3) is 0.707. The molecule has 5 heteroatoms. The zero-order valence-corrected chi connectivity index (χ0v) is 57.3. The van der Waals surface area contributed by atoms with Gasteiger partial charge in [0, 0.05) is 12.8 Å². The van der Waals surface area contributed by atoms with E-state index in [4.69, 9.17) is 9.47 Å². The van der Waals surface area contributed by atoms with Crippen LogP contribution in [0.5, 0.6) is 0 Å². The quantitative estimate of drug-likeness (QED) is 0.0373. The summed E-state index contributed by atoms with van der Waals surface area (Å²) in [7, 11) is 0. The van der Waals surface area contributed by atoms with Gasteiger partial charge < -0.3 is 14.6 Å². The van der Waals surface area contributed by atoms with Crippen molar-refractivity contribution < 1.29 is 24.2 Å². The van der Waals surface area contributed by atoms with Crippen LogP contribution in [0.2, 0.25) is 0 Å². The van der Waals surface area contributed by atoms with Gasteiger partial charge in [-0.15, -0.1) is 0 Å². The maximum absolute atomic E-state index is 12.4. The van der Waals surface area contributed by atoms with E-state index in [9.17, 15) is 14.7 Å². The lowest BCUT2D eigenvalue weighted by Gasteiger charge is -2.15. The van der Waals surface area contributed by atoms with E-state index in [1.165, 1.54) is 199 Å². The Labute approximate surface area is 540 Å². The molecule has 498 valence electrons. The van der Waals surface area contributed by atoms with Gasteiger partial charge in [0.05, 0.1) is 6.61 Å². The molecule has 1 atom stereocenters. The number of rotatable bonds is 68. The van der Waals surface area contributed by atoms with E-state index in [1.54, 1.807) is 0 Å². The Kier molecular flexibility index (Phi) is 72.8. The molecule has 87 heavy (non-hydrogen) atoms. The highest BCUT2D eigenvalue weighted by molar-refractivity contribution is 5.70. The molecule has 0 radical (unpaired) electrons. The Morgan fingerprint density at radius 3 is 0.747 bits per heavy atom. The minimum Gasteiger partial charge on any atom is -0.462 e. The minimum absolute atomic E-state index is 0.0777. The third kappa shape index (κ3) is 74.4. The largest absolute Gasteiger partial charge is 0.462 e. The first-order valence-corrected chi connectivity index (χ1v) is 37.2. The van der Waals surface area contributed by atoms with Crippen molar-refractivity contribution >= 4 is 11.9 Å². The van der Waals surface area contributed by atoms with Crippen molar-refractivity contribution in [2.45, 2.75) is 360 Å². The fourth-order valence-corrected chi connectivity index (χ4v) is 10.7. The lowest BCUT2D eigenvalue weighted by molar-refractivity contribution is -0.161. The highest BCUT2D eigenvalue weighted by atomic mass is 16.6. The topological polar surface area (TPSA) is 72.8 Å². The second-order valence-electron chi connectivity index (χ2n) is 24.7. The van der Waals surface area contributed by atoms with E-state index in [2.05, 4.69) is 148 Å². The Morgan fingerprint density at radius 1 is 0.276 bits per heavy atom. The van der Waals surface area contributed by atoms with Gasteiger partial charge in [0.15, 0.2) is 6.10 Å². The Morgan fingerprint density at radius 2 is 0.494 bits per heavy atom. The molecule has 0 saturated heterocycles. The molecule has 0 aliphatic carbocycles. The molecule has 0 rings (SSSR count). The van der Waals surface area contributed by atoms with Gasteiger partial charge in [0.1, 0.15) is 6.61 Å². The Balaban J connectivity index is 3.53. The lowest BCUT2D eigenvalue weighted by atomic mass is 10.0. The van der Waals surface area contributed by atoms with Gasteiger partial charge in [-0.2, -0.15) is 0 Å². The van der Waals surface area contributed by atoms with Crippen molar-refractivity contribution in [3.63, 3.8) is 0 Å². The van der Waals surface area contributed by atoms with Crippen LogP contribution in [0, 0.1) is 0 Å². The SMILES string of the molecule is CC/C=C\C/C=C\C/C=C\C/C=C\C/C=C\C/C=C\C/C=C\C/C=C\C/C=C\C/C=C\C/C=C\CCCCCCCC(=O)OC(CO)COC(=O)CCCCCCCCCCCCCCCCCCCCCCCCCCCCCCCCCCCC. The van der Waals surface area contributed by atoms with Crippen LogP contribution in [-0.2, 0) is 19.1 Å². The molecule has 0 saturated carbocycles. The average molecular weight is 1210 g/mol. The van der Waals surface area contributed by atoms with E-state index in [1.807, 2.05) is 0 Å². The summed E-state index contributed by atoms with van der Waals surface area (Å²) in [4.78, 5) is 24.7. The normalized spacial score (nSPS) is 13.0. The number of aliphatic hydroxyl groups is 1. The van der Waals surface area contributed by atoms with Crippen LogP contribution >= 0.6 is 0 Å². The summed E-state index contributed by atoms with van der Waals surface area (Å²) in [5, 5.41) is 9.71. The maximum atomic E-state index is 12.4. The molecule has 0 fully saturated rings. The number of aliphatic hydroxyl groups excluding tert-OH is 1. The predicted molar refractivity (Wildman–Crippen MR) is 385 cm³/mol. The molecule has 0 bridgehead atoms. The van der Waals surface area contributed by atoms with Crippen LogP contribution in [0.15, 0.2) is 134 Å². The summed E-state index contributed by atoms with van der Waals surface area (Å²) < 4.78 is 10.8. The second-order valence-corrected chi connectivity index (χ2v) is 24.7. The molecule has 0 heterocycles. The summed E-state index contributed by atoms with van der Waals surface area (Å²) in [6.07, 6.45) is 114. The zero-order valence-electron chi connectivity index (χ0n) is 57.3. The van der Waals surface area contributed by atoms with E-state index >= 15 is 0 Å². The molecule has 0 spiro atoms. The van der Waals surface area contributed by atoms with Gasteiger partial charge in [-0.05, 0) is 96.3 Å². The Bertz CT molecular complexity index is 1750. The van der Waals surface area contributed by atoms with Crippen LogP contribution in [0.1, 0.15) is 354 Å². The second kappa shape index (κ2) is 76.3. The number of hydrogen-bond acceptors (Lipinski definition) is 5. The van der Waals surface area contributed by atoms with Crippen molar-refractivity contribution in [2.75, 3.05) is 13.2 Å². The number of carbonyl (C=O) groups excluding carboxylic acids is 2. The summed E-state index contributed by atoms with van der Waals surface area (Å²) in [5.74, 6) is -0.607. The molecule has 1 unspecified atom stereocenters. The van der Waals surface area contributed by atoms with Crippen LogP contribution in [0.3, 0.4) is 0 Å². The standard InChI is InChI=1S/C82H140O5/c1-3-5-7-9-11-13-15-17-19-21-23-25-27-29-31-33-35-37-39-40-41-42-43-45-47-49-51-53-55-57-59-61-63-65-67-69-71-73-75-77-82(85)87-80(78-83)79-86-81(84)76-74-72-70-68-66-64-62-60-58-56-54-52-50-48-46-44-38-36-34-32-30-28-26-24-22-20-18-16-14-12-10-8-6-4-2/h5,7,11,13,17,19,23,25,29,31,35,37,40-41,43,45,49,51,55,57,61,63,80,83H,3-4,6,8-10,12,14-16,18,20-22,24,26-28,30,32-34,36,38-39,42,44,46-48,50,52-54,56,58-60,62,64-79H2,1-2H3/b7-5-,13-11-,19-17-,25-23-,31-29-,37-35-,41-40-,45-43-,51-49-,57-55-,63-61-. The van der Waals surface area contributed by atoms with E-state index < -0.39 is 6.10 Å². The first-order valence-electron chi connectivity index (χ1n) is 37.2. The van der Waals surface area contributed by atoms with Gasteiger partial charge in [0.2, 0.25) is 0 Å². The van der Waals surface area contributed by atoms with Crippen molar-refractivity contribution in [3.8, 4) is 0 Å². The predicted octanol–water partition coefficient (Wildman–Crippen LogP) is 26.3. The van der Waals surface area contributed by atoms with Crippen molar-refractivity contribution in [2.24, 2.45) is 0 Å². The summed E-state index contributed by atoms with van der Waals surface area (Å²) >= 11 is 0. The minimum atomic E-state index is -0.792. The lowest BCUT2D eigenvalue weighted by Crippen LogP contribution is -2.28. The maximum Gasteiger partial charge on any atom is 0.306 e. The van der Waals surface area contributed by atoms with E-state index in [-0.39, 0.29) is 25.2 Å². The van der Waals surface area contributed by atoms with Crippen LogP contribution < -0.4 is 0 Å². The average Bonchev–Trinajstić information content (AvgIpc) is 3.52. The molecule has 0 aromatic rings. The molecule has 0 aliphatic rings. The van der Waals surface area contributed by atoms with Crippen molar-refractivity contribution in [3.05, 3.63) is 134 Å². The molecule has 1 N–H and O–H groups in total. The molecular weight excluding hydrogens is 1060 g/mol. The van der Waals surface area contributed by atoms with Gasteiger partial charge in [-0.25, -0.2) is 0 Å². The van der Waals surface area contributed by atoms with E-state index in [0.29, 0.717) is 12.8 Å². The van der Waals surface area contributed by atoms with Crippen molar-refractivity contribution in [1.82, 2.24) is 0 Å². The summed E-state index contributed by atoms with van der Waals surface area (Å²) in [6, 6.07) is 0. The molecule has 0 aromatic heterocycles. The summed E-state index contributed by atoms with van der Waals surface area (Å²) in [6.45, 7) is 4.05. The Hall–Kier alpha value is -3.96. The van der Waals surface area contributed by atoms with Crippen LogP contribution in [0.4, 0.5) is 0 Å². The molecule has 0 amide bonds. The third-order valence-corrected chi connectivity index (χ3v) is 16.2. The molecule has 0 aromatic carbocycles. The monoisotopic (exact) mass is 1210 g/mol. The number of hydrogen-bond donors (Lipinski definition) is 1. The van der Waals surface area contributed by atoms with E-state index in [0.717, 1.165) is 128 Å².